The van der Waals surface area contributed by atoms with Gasteiger partial charge in [0.2, 0.25) is 0 Å². The van der Waals surface area contributed by atoms with Gasteiger partial charge in [-0.1, -0.05) is 27.7 Å². The molecule has 4 unspecified atom stereocenters. The van der Waals surface area contributed by atoms with E-state index in [9.17, 15) is 0 Å². The van der Waals surface area contributed by atoms with Gasteiger partial charge >= 0.3 is 0 Å². The average molecular weight is 296 g/mol. The molecule has 21 heavy (non-hydrogen) atoms. The van der Waals surface area contributed by atoms with Crippen molar-refractivity contribution in [2.75, 3.05) is 32.7 Å². The van der Waals surface area contributed by atoms with Crippen molar-refractivity contribution in [3.63, 3.8) is 0 Å². The van der Waals surface area contributed by atoms with Crippen LogP contribution in [0.1, 0.15) is 53.4 Å². The van der Waals surface area contributed by atoms with Crippen molar-refractivity contribution in [2.45, 2.75) is 65.5 Å². The smallest absolute Gasteiger partial charge is 0.0235 e. The maximum absolute atomic E-state index is 6.43. The van der Waals surface area contributed by atoms with Crippen LogP contribution in [0, 0.1) is 17.8 Å². The summed E-state index contributed by atoms with van der Waals surface area (Å²) in [6.07, 6.45) is 5.28. The van der Waals surface area contributed by atoms with Crippen LogP contribution >= 0.6 is 0 Å². The van der Waals surface area contributed by atoms with E-state index in [-0.39, 0.29) is 0 Å². The van der Waals surface area contributed by atoms with Crippen LogP contribution in [-0.4, -0.2) is 54.6 Å². The van der Waals surface area contributed by atoms with Gasteiger partial charge in [-0.2, -0.15) is 0 Å². The molecule has 2 rings (SSSR count). The number of nitrogens with zero attached hydrogens (tertiary/aromatic N) is 2. The van der Waals surface area contributed by atoms with Crippen LogP contribution in [0.3, 0.4) is 0 Å². The summed E-state index contributed by atoms with van der Waals surface area (Å²) in [7, 11) is 0. The molecule has 3 nitrogen and oxygen atoms in total. The van der Waals surface area contributed by atoms with E-state index in [1.165, 1.54) is 58.4 Å². The minimum atomic E-state index is 0.438. The van der Waals surface area contributed by atoms with Crippen LogP contribution in [0.4, 0.5) is 0 Å². The summed E-state index contributed by atoms with van der Waals surface area (Å²) in [6.45, 7) is 15.5. The number of nitrogens with two attached hydrogens (primary N) is 1. The predicted octanol–water partition coefficient (Wildman–Crippen LogP) is 2.80. The molecule has 1 aliphatic heterocycles. The normalized spacial score (nSPS) is 35.0. The third-order valence-electron chi connectivity index (χ3n) is 6.09. The highest BCUT2D eigenvalue weighted by atomic mass is 15.2. The second-order valence-electron chi connectivity index (χ2n) is 7.66. The van der Waals surface area contributed by atoms with Crippen molar-refractivity contribution in [1.82, 2.24) is 9.80 Å². The monoisotopic (exact) mass is 295 g/mol. The first-order valence-corrected chi connectivity index (χ1v) is 9.27. The molecule has 0 bridgehead atoms. The van der Waals surface area contributed by atoms with Gasteiger partial charge in [-0.3, -0.25) is 4.90 Å². The van der Waals surface area contributed by atoms with Crippen LogP contribution in [0.5, 0.6) is 0 Å². The zero-order valence-electron chi connectivity index (χ0n) is 14.7. The molecule has 0 amide bonds. The fourth-order valence-electron chi connectivity index (χ4n) is 4.49. The van der Waals surface area contributed by atoms with Crippen molar-refractivity contribution in [2.24, 2.45) is 23.5 Å². The van der Waals surface area contributed by atoms with Gasteiger partial charge in [-0.05, 0) is 63.1 Å². The van der Waals surface area contributed by atoms with E-state index in [1.54, 1.807) is 0 Å². The lowest BCUT2D eigenvalue weighted by molar-refractivity contribution is 0.141. The summed E-state index contributed by atoms with van der Waals surface area (Å²) in [5.74, 6) is 2.44. The largest absolute Gasteiger partial charge is 0.327 e. The first kappa shape index (κ1) is 17.2. The minimum Gasteiger partial charge on any atom is -0.327 e. The molecule has 1 heterocycles. The van der Waals surface area contributed by atoms with Crippen LogP contribution in [0.15, 0.2) is 0 Å². The first-order chi connectivity index (χ1) is 10.0. The number of likely N-dealkylation sites (tertiary alicyclic amines) is 1. The summed E-state index contributed by atoms with van der Waals surface area (Å²) in [6, 6.07) is 1.22. The highest BCUT2D eigenvalue weighted by Gasteiger charge is 2.33. The molecule has 2 N–H and O–H groups in total. The second kappa shape index (κ2) is 7.94. The van der Waals surface area contributed by atoms with Crippen molar-refractivity contribution >= 4 is 0 Å². The van der Waals surface area contributed by atoms with Gasteiger partial charge in [0.05, 0.1) is 0 Å². The highest BCUT2D eigenvalue weighted by molar-refractivity contribution is 4.89. The van der Waals surface area contributed by atoms with E-state index in [4.69, 9.17) is 5.73 Å². The van der Waals surface area contributed by atoms with Crippen LogP contribution < -0.4 is 5.73 Å². The lowest BCUT2D eigenvalue weighted by Crippen LogP contribution is -2.44. The quantitative estimate of drug-likeness (QED) is 0.818. The molecule has 1 saturated heterocycles. The fourth-order valence-corrected chi connectivity index (χ4v) is 4.49. The maximum Gasteiger partial charge on any atom is 0.0235 e. The molecule has 0 spiro atoms. The molecule has 2 aliphatic rings. The van der Waals surface area contributed by atoms with Crippen molar-refractivity contribution in [1.29, 1.82) is 0 Å². The molecule has 1 saturated carbocycles. The van der Waals surface area contributed by atoms with Crippen molar-refractivity contribution in [3.8, 4) is 0 Å². The van der Waals surface area contributed by atoms with Gasteiger partial charge in [0.25, 0.3) is 0 Å². The van der Waals surface area contributed by atoms with Gasteiger partial charge in [-0.25, -0.2) is 0 Å². The Balaban J connectivity index is 1.84. The summed E-state index contributed by atoms with van der Waals surface area (Å²) < 4.78 is 0. The Morgan fingerprint density at radius 3 is 2.48 bits per heavy atom. The van der Waals surface area contributed by atoms with Gasteiger partial charge < -0.3 is 10.6 Å². The Hall–Kier alpha value is -0.120. The number of hydrogen-bond acceptors (Lipinski definition) is 3. The zero-order valence-corrected chi connectivity index (χ0v) is 14.7. The van der Waals surface area contributed by atoms with E-state index in [0.29, 0.717) is 6.04 Å². The molecule has 0 aromatic carbocycles. The van der Waals surface area contributed by atoms with E-state index in [2.05, 4.69) is 37.5 Å². The van der Waals surface area contributed by atoms with Crippen LogP contribution in [0.25, 0.3) is 0 Å². The molecule has 1 aliphatic carbocycles. The van der Waals surface area contributed by atoms with E-state index in [0.717, 1.165) is 23.8 Å². The lowest BCUT2D eigenvalue weighted by Gasteiger charge is -2.38. The van der Waals surface area contributed by atoms with Crippen molar-refractivity contribution < 1.29 is 0 Å². The molecular formula is C18H37N3. The third kappa shape index (κ3) is 4.43. The topological polar surface area (TPSA) is 32.5 Å². The van der Waals surface area contributed by atoms with Crippen molar-refractivity contribution in [3.05, 3.63) is 0 Å². The minimum absolute atomic E-state index is 0.438. The van der Waals surface area contributed by atoms with Gasteiger partial charge in [0.15, 0.2) is 0 Å². The Kier molecular flexibility index (Phi) is 6.51. The van der Waals surface area contributed by atoms with Gasteiger partial charge in [0, 0.05) is 25.2 Å². The molecule has 2 fully saturated rings. The SMILES string of the molecule is CCN(CC)C1CCN(CC2CC(C(C)C)CCC2N)C1. The fraction of sp³-hybridized carbons (Fsp3) is 1.00. The molecule has 0 radical (unpaired) electrons. The molecule has 4 atom stereocenters. The summed E-state index contributed by atoms with van der Waals surface area (Å²) >= 11 is 0. The lowest BCUT2D eigenvalue weighted by atomic mass is 9.74. The first-order valence-electron chi connectivity index (χ1n) is 9.27. The Bertz CT molecular complexity index is 301. The highest BCUT2D eigenvalue weighted by Crippen LogP contribution is 2.34. The van der Waals surface area contributed by atoms with Crippen LogP contribution in [-0.2, 0) is 0 Å². The average Bonchev–Trinajstić information content (AvgIpc) is 2.91. The van der Waals surface area contributed by atoms with Gasteiger partial charge in [0.1, 0.15) is 0 Å². The van der Waals surface area contributed by atoms with E-state index < -0.39 is 0 Å². The Morgan fingerprint density at radius 2 is 1.86 bits per heavy atom. The predicted molar refractivity (Wildman–Crippen MR) is 91.4 cm³/mol. The standard InChI is InChI=1S/C18H37N3/c1-5-21(6-2)17-9-10-20(13-17)12-16-11-15(14(3)4)7-8-18(16)19/h14-18H,5-13,19H2,1-4H3. The Labute approximate surface area is 132 Å². The summed E-state index contributed by atoms with van der Waals surface area (Å²) in [5.41, 5.74) is 6.43. The molecule has 3 heteroatoms. The van der Waals surface area contributed by atoms with Crippen LogP contribution in [0.2, 0.25) is 0 Å². The Morgan fingerprint density at radius 1 is 1.14 bits per heavy atom. The number of rotatable bonds is 6. The number of hydrogen-bond donors (Lipinski definition) is 1. The summed E-state index contributed by atoms with van der Waals surface area (Å²) in [5, 5.41) is 0. The molecular weight excluding hydrogens is 258 g/mol. The molecule has 0 aromatic heterocycles. The third-order valence-corrected chi connectivity index (χ3v) is 6.09. The molecule has 124 valence electrons. The molecule has 0 aromatic rings. The zero-order chi connectivity index (χ0) is 15.4. The summed E-state index contributed by atoms with van der Waals surface area (Å²) in [4.78, 5) is 5.31. The maximum atomic E-state index is 6.43. The number of likely N-dealkylation sites (N-methyl/N-ethyl adjacent to an activating group) is 1. The van der Waals surface area contributed by atoms with E-state index in [1.807, 2.05) is 0 Å². The van der Waals surface area contributed by atoms with Gasteiger partial charge in [-0.15, -0.1) is 0 Å². The second-order valence-corrected chi connectivity index (χ2v) is 7.66. The van der Waals surface area contributed by atoms with E-state index >= 15 is 0 Å².